The summed E-state index contributed by atoms with van der Waals surface area (Å²) in [5.41, 5.74) is 2.94. The van der Waals surface area contributed by atoms with Gasteiger partial charge >= 0.3 is 0 Å². The second-order valence-electron chi connectivity index (χ2n) is 6.97. The van der Waals surface area contributed by atoms with Gasteiger partial charge in [0.05, 0.1) is 11.9 Å². The third-order valence-corrected chi connectivity index (χ3v) is 5.71. The molecule has 0 aliphatic carbocycles. The number of rotatable bonds is 3. The molecule has 1 aliphatic rings. The standard InChI is InChI=1S/C20H25N5OS/c1-15(2)27-20(26)24-12-10-23(11-13-24)19-9-8-18-21-14-17(25(18)22-19)16-6-4-3-5-7-16/h3-9,14-15,26-27H,10-13H2,1-2H3. The molecule has 1 saturated heterocycles. The van der Waals surface area contributed by atoms with Crippen molar-refractivity contribution in [2.45, 2.75) is 19.1 Å². The Hall–Kier alpha value is -2.22. The predicted molar refractivity (Wildman–Crippen MR) is 114 cm³/mol. The summed E-state index contributed by atoms with van der Waals surface area (Å²) in [6.45, 7) is 7.52. The Balaban J connectivity index is 1.55. The number of imidazole rings is 1. The number of nitrogens with zero attached hydrogens (tertiary/aromatic N) is 5. The number of piperazine rings is 1. The van der Waals surface area contributed by atoms with Crippen LogP contribution in [0.5, 0.6) is 0 Å². The van der Waals surface area contributed by atoms with Crippen molar-refractivity contribution in [2.75, 3.05) is 31.1 Å². The molecule has 6 nitrogen and oxygen atoms in total. The van der Waals surface area contributed by atoms with Crippen molar-refractivity contribution >= 4 is 28.0 Å². The maximum absolute atomic E-state index is 10.3. The maximum atomic E-state index is 10.3. The number of benzene rings is 1. The van der Waals surface area contributed by atoms with Crippen LogP contribution in [0.3, 0.4) is 0 Å². The summed E-state index contributed by atoms with van der Waals surface area (Å²) in [7, 11) is 0. The molecule has 0 amide bonds. The highest BCUT2D eigenvalue weighted by Crippen LogP contribution is 2.22. The van der Waals surface area contributed by atoms with Gasteiger partial charge in [-0.3, -0.25) is 0 Å². The predicted octanol–water partition coefficient (Wildman–Crippen LogP) is 3.04. The first-order valence-corrected chi connectivity index (χ1v) is 10.2. The molecule has 0 unspecified atom stereocenters. The van der Waals surface area contributed by atoms with E-state index in [2.05, 4.69) is 40.8 Å². The van der Waals surface area contributed by atoms with Crippen LogP contribution in [-0.4, -0.2) is 61.2 Å². The van der Waals surface area contributed by atoms with Crippen LogP contribution >= 0.6 is 11.4 Å². The zero-order chi connectivity index (χ0) is 18.8. The molecule has 0 saturated carbocycles. The number of fused-ring (bicyclic) bond motifs is 1. The summed E-state index contributed by atoms with van der Waals surface area (Å²) in [5.74, 6) is 0.943. The summed E-state index contributed by atoms with van der Waals surface area (Å²) in [6, 6.07) is 14.3. The molecule has 0 spiro atoms. The van der Waals surface area contributed by atoms with Gasteiger partial charge in [0.15, 0.2) is 5.65 Å². The lowest BCUT2D eigenvalue weighted by Crippen LogP contribution is -2.48. The highest BCUT2D eigenvalue weighted by atomic mass is 32.1. The monoisotopic (exact) mass is 383 g/mol. The van der Waals surface area contributed by atoms with E-state index < -0.39 is 0 Å². The fourth-order valence-corrected chi connectivity index (χ4v) is 4.11. The van der Waals surface area contributed by atoms with Crippen molar-refractivity contribution < 1.29 is 5.11 Å². The van der Waals surface area contributed by atoms with Crippen LogP contribution in [0, 0.1) is 0 Å². The van der Waals surface area contributed by atoms with Crippen molar-refractivity contribution in [3.8, 4) is 11.3 Å². The van der Waals surface area contributed by atoms with Crippen LogP contribution in [0.4, 0.5) is 5.82 Å². The Morgan fingerprint density at radius 2 is 1.78 bits per heavy atom. The van der Waals surface area contributed by atoms with Gasteiger partial charge in [0.2, 0.25) is 0 Å². The van der Waals surface area contributed by atoms with Crippen LogP contribution in [-0.2, 0) is 0 Å². The molecule has 0 radical (unpaired) electrons. The van der Waals surface area contributed by atoms with Crippen LogP contribution in [0.1, 0.15) is 13.8 Å². The van der Waals surface area contributed by atoms with Crippen molar-refractivity contribution in [2.24, 2.45) is 0 Å². The summed E-state index contributed by atoms with van der Waals surface area (Å²) < 4.78 is 1.91. The Kier molecular flexibility index (Phi) is 5.24. The zero-order valence-electron chi connectivity index (χ0n) is 15.7. The molecule has 1 aliphatic heterocycles. The van der Waals surface area contributed by atoms with E-state index in [1.165, 1.54) is 0 Å². The molecule has 3 heterocycles. The van der Waals surface area contributed by atoms with Gasteiger partial charge in [0.25, 0.3) is 0 Å². The van der Waals surface area contributed by atoms with Crippen molar-refractivity contribution in [3.63, 3.8) is 0 Å². The molecule has 27 heavy (non-hydrogen) atoms. The van der Waals surface area contributed by atoms with E-state index in [9.17, 15) is 5.11 Å². The Morgan fingerprint density at radius 3 is 2.48 bits per heavy atom. The number of anilines is 1. The molecule has 1 N–H and O–H groups in total. The minimum atomic E-state index is 0.435. The van der Waals surface area contributed by atoms with E-state index >= 15 is 0 Å². The molecule has 2 aromatic heterocycles. The largest absolute Gasteiger partial charge is 0.353 e. The Morgan fingerprint density at radius 1 is 1.04 bits per heavy atom. The molecule has 1 aromatic carbocycles. The smallest absolute Gasteiger partial charge is 0.154 e. The van der Waals surface area contributed by atoms with E-state index in [0.29, 0.717) is 10.4 Å². The number of aliphatic hydroxyl groups is 1. The lowest BCUT2D eigenvalue weighted by atomic mass is 10.2. The third kappa shape index (κ3) is 3.90. The van der Waals surface area contributed by atoms with Crippen molar-refractivity contribution in [1.29, 1.82) is 0 Å². The summed E-state index contributed by atoms with van der Waals surface area (Å²) in [6.07, 6.45) is 1.87. The highest BCUT2D eigenvalue weighted by Gasteiger charge is 2.21. The van der Waals surface area contributed by atoms with Crippen LogP contribution in [0.25, 0.3) is 16.9 Å². The lowest BCUT2D eigenvalue weighted by Gasteiger charge is -2.34. The molecule has 4 rings (SSSR count). The van der Waals surface area contributed by atoms with Crippen LogP contribution < -0.4 is 4.90 Å². The van der Waals surface area contributed by atoms with Gasteiger partial charge in [-0.05, 0) is 17.4 Å². The molecule has 1 fully saturated rings. The number of hydrogen-bond acceptors (Lipinski definition) is 3. The lowest BCUT2D eigenvalue weighted by molar-refractivity contribution is 0.324. The number of aromatic nitrogens is 3. The summed E-state index contributed by atoms with van der Waals surface area (Å²) in [4.78, 5) is 8.82. The number of thiol groups is 1. The topological polar surface area (TPSA) is 56.9 Å². The number of aliphatic hydroxyl groups excluding tert-OH is 1. The van der Waals surface area contributed by atoms with Gasteiger partial charge in [-0.25, -0.2) is 14.4 Å². The highest BCUT2D eigenvalue weighted by molar-refractivity contribution is 7.98. The first-order chi connectivity index (χ1) is 13.1. The first-order valence-electron chi connectivity index (χ1n) is 9.28. The average molecular weight is 384 g/mol. The first kappa shape index (κ1) is 18.2. The van der Waals surface area contributed by atoms with Gasteiger partial charge in [-0.2, -0.15) is 11.4 Å². The number of hydrogen-bond donors (Lipinski definition) is 2. The summed E-state index contributed by atoms with van der Waals surface area (Å²) in [5, 5.41) is 16.0. The fourth-order valence-electron chi connectivity index (χ4n) is 3.29. The van der Waals surface area contributed by atoms with Crippen LogP contribution in [0.2, 0.25) is 0 Å². The second-order valence-corrected chi connectivity index (χ2v) is 8.66. The van der Waals surface area contributed by atoms with E-state index in [1.54, 1.807) is 0 Å². The molecule has 3 aromatic rings. The maximum Gasteiger partial charge on any atom is 0.154 e. The van der Waals surface area contributed by atoms with E-state index in [1.807, 2.05) is 41.0 Å². The third-order valence-electron chi connectivity index (χ3n) is 4.68. The molecular formula is C20H25N5OS. The molecule has 142 valence electrons. The van der Waals surface area contributed by atoms with Crippen LogP contribution in [0.15, 0.2) is 48.7 Å². The van der Waals surface area contributed by atoms with Gasteiger partial charge in [-0.15, -0.1) is 5.10 Å². The molecular weight excluding hydrogens is 358 g/mol. The Labute approximate surface area is 163 Å². The van der Waals surface area contributed by atoms with Gasteiger partial charge in [0, 0.05) is 31.7 Å². The summed E-state index contributed by atoms with van der Waals surface area (Å²) >= 11 is 0.995. The van der Waals surface area contributed by atoms with E-state index in [-0.39, 0.29) is 0 Å². The second kappa shape index (κ2) is 7.80. The van der Waals surface area contributed by atoms with Gasteiger partial charge < -0.3 is 10.0 Å². The molecule has 0 atom stereocenters. The van der Waals surface area contributed by atoms with Crippen molar-refractivity contribution in [3.05, 3.63) is 48.7 Å². The zero-order valence-corrected chi connectivity index (χ0v) is 16.5. The van der Waals surface area contributed by atoms with E-state index in [4.69, 9.17) is 5.10 Å². The molecule has 0 bridgehead atoms. The van der Waals surface area contributed by atoms with Gasteiger partial charge in [0.1, 0.15) is 11.0 Å². The minimum absolute atomic E-state index is 0.435. The normalized spacial score (nSPS) is 16.7. The fraction of sp³-hybridized carbons (Fsp3) is 0.350. The average Bonchev–Trinajstić information content (AvgIpc) is 3.11. The minimum Gasteiger partial charge on any atom is -0.353 e. The molecule has 7 heteroatoms. The van der Waals surface area contributed by atoms with E-state index in [0.717, 1.165) is 60.3 Å². The van der Waals surface area contributed by atoms with Gasteiger partial charge in [-0.1, -0.05) is 44.2 Å². The quantitative estimate of drug-likeness (QED) is 0.538. The van der Waals surface area contributed by atoms with Crippen molar-refractivity contribution in [1.82, 2.24) is 19.5 Å². The SMILES string of the molecule is CC(C)[SH]=C(O)N1CCN(c2ccc3ncc(-c4ccccc4)n3n2)CC1. The Bertz CT molecular complexity index is 945.